The van der Waals surface area contributed by atoms with E-state index >= 15 is 0 Å². The summed E-state index contributed by atoms with van der Waals surface area (Å²) >= 11 is 0. The van der Waals surface area contributed by atoms with Gasteiger partial charge >= 0.3 is 12.4 Å². The molecule has 0 radical (unpaired) electrons. The molecule has 2 aromatic rings. The highest BCUT2D eigenvalue weighted by molar-refractivity contribution is 5.91. The number of hydrogen-bond acceptors (Lipinski definition) is 7. The van der Waals surface area contributed by atoms with E-state index in [1.165, 1.54) is 13.2 Å². The Bertz CT molecular complexity index is 1030. The van der Waals surface area contributed by atoms with Crippen molar-refractivity contribution < 1.29 is 36.9 Å². The smallest absolute Gasteiger partial charge is 0.495 e. The molecule has 2 aliphatic rings. The van der Waals surface area contributed by atoms with Gasteiger partial charge in [0.2, 0.25) is 0 Å². The summed E-state index contributed by atoms with van der Waals surface area (Å²) in [6, 6.07) is 6.62. The minimum absolute atomic E-state index is 0.0161. The molecule has 36 heavy (non-hydrogen) atoms. The second kappa shape index (κ2) is 11.5. The van der Waals surface area contributed by atoms with Gasteiger partial charge in [-0.25, -0.2) is 9.78 Å². The Morgan fingerprint density at radius 2 is 1.83 bits per heavy atom. The Morgan fingerprint density at radius 1 is 1.08 bits per heavy atom. The third-order valence-electron chi connectivity index (χ3n) is 6.02. The van der Waals surface area contributed by atoms with Crippen LogP contribution in [0.2, 0.25) is 0 Å². The van der Waals surface area contributed by atoms with E-state index in [4.69, 9.17) is 14.2 Å². The maximum absolute atomic E-state index is 12.5. The van der Waals surface area contributed by atoms with Crippen LogP contribution < -0.4 is 29.7 Å². The Hall–Kier alpha value is -3.41. The summed E-state index contributed by atoms with van der Waals surface area (Å²) in [6.07, 6.45) is -0.184. The molecular weight excluding hydrogens is 481 g/mol. The summed E-state index contributed by atoms with van der Waals surface area (Å²) in [7, 11) is 1.36. The number of alkyl halides is 3. The number of amides is 2. The number of carbonyl (C=O) groups is 1. The molecule has 12 heteroatoms. The number of ether oxygens (including phenoxy) is 4. The van der Waals surface area contributed by atoms with Gasteiger partial charge in [0.25, 0.3) is 0 Å². The normalized spacial score (nSPS) is 20.4. The third-order valence-corrected chi connectivity index (χ3v) is 6.02. The second-order valence-corrected chi connectivity index (χ2v) is 8.55. The Kier molecular flexibility index (Phi) is 8.24. The summed E-state index contributed by atoms with van der Waals surface area (Å²) in [5.74, 6) is 1.38. The van der Waals surface area contributed by atoms with Crippen LogP contribution >= 0.6 is 0 Å². The third kappa shape index (κ3) is 7.30. The van der Waals surface area contributed by atoms with Crippen LogP contribution in [0, 0.1) is 0 Å². The van der Waals surface area contributed by atoms with E-state index in [9.17, 15) is 18.0 Å². The van der Waals surface area contributed by atoms with E-state index < -0.39 is 18.1 Å². The molecule has 4 rings (SSSR count). The number of anilines is 2. The van der Waals surface area contributed by atoms with Gasteiger partial charge < -0.3 is 34.5 Å². The number of pyridine rings is 1. The number of urea groups is 1. The van der Waals surface area contributed by atoms with Crippen molar-refractivity contribution >= 4 is 17.5 Å². The van der Waals surface area contributed by atoms with Gasteiger partial charge in [-0.15, -0.1) is 13.2 Å². The molecule has 2 N–H and O–H groups in total. The first kappa shape index (κ1) is 25.7. The molecule has 2 amide bonds. The van der Waals surface area contributed by atoms with Crippen LogP contribution in [-0.2, 0) is 4.74 Å². The van der Waals surface area contributed by atoms with Crippen LogP contribution in [0.5, 0.6) is 17.2 Å². The maximum Gasteiger partial charge on any atom is 0.573 e. The van der Waals surface area contributed by atoms with Crippen LogP contribution in [0.15, 0.2) is 36.5 Å². The van der Waals surface area contributed by atoms with Crippen molar-refractivity contribution in [1.82, 2.24) is 10.3 Å². The fourth-order valence-corrected chi connectivity index (χ4v) is 4.28. The number of aromatic nitrogens is 1. The van der Waals surface area contributed by atoms with Gasteiger partial charge in [-0.2, -0.15) is 0 Å². The van der Waals surface area contributed by atoms with Crippen LogP contribution in [0.1, 0.15) is 25.7 Å². The van der Waals surface area contributed by atoms with E-state index in [1.807, 2.05) is 12.1 Å². The molecule has 1 saturated carbocycles. The van der Waals surface area contributed by atoms with Crippen molar-refractivity contribution in [3.05, 3.63) is 36.5 Å². The largest absolute Gasteiger partial charge is 0.573 e. The van der Waals surface area contributed by atoms with E-state index in [2.05, 4.69) is 25.3 Å². The summed E-state index contributed by atoms with van der Waals surface area (Å²) in [5, 5.41) is 5.42. The molecule has 2 fully saturated rings. The predicted molar refractivity (Wildman–Crippen MR) is 126 cm³/mol. The number of halogens is 3. The number of methoxy groups -OCH3 is 1. The van der Waals surface area contributed by atoms with Gasteiger partial charge in [0.05, 0.1) is 32.1 Å². The average Bonchev–Trinajstić information content (AvgIpc) is 2.85. The maximum atomic E-state index is 12.5. The van der Waals surface area contributed by atoms with Crippen molar-refractivity contribution in [2.24, 2.45) is 0 Å². The first-order chi connectivity index (χ1) is 17.3. The minimum atomic E-state index is -4.84. The Labute approximate surface area is 206 Å². The fourth-order valence-electron chi connectivity index (χ4n) is 4.28. The molecule has 0 atom stereocenters. The van der Waals surface area contributed by atoms with E-state index in [0.29, 0.717) is 26.1 Å². The molecule has 1 aliphatic carbocycles. The van der Waals surface area contributed by atoms with E-state index in [-0.39, 0.29) is 23.6 Å². The number of benzene rings is 1. The Balaban J connectivity index is 1.26. The van der Waals surface area contributed by atoms with Crippen LogP contribution in [0.4, 0.5) is 29.5 Å². The van der Waals surface area contributed by atoms with Crippen molar-refractivity contribution in [1.29, 1.82) is 0 Å². The van der Waals surface area contributed by atoms with Crippen LogP contribution in [0.25, 0.3) is 0 Å². The lowest BCUT2D eigenvalue weighted by atomic mass is 9.93. The second-order valence-electron chi connectivity index (χ2n) is 8.55. The SMILES string of the molecule is COc1ccc(OC(F)(F)F)cc1NC(=O)N[C@H]1CC[C@H](Oc2ccnc(N3CCOCC3)c2)CC1. The van der Waals surface area contributed by atoms with E-state index in [0.717, 1.165) is 49.6 Å². The van der Waals surface area contributed by atoms with Gasteiger partial charge in [-0.05, 0) is 43.9 Å². The number of morpholine rings is 1. The van der Waals surface area contributed by atoms with Gasteiger partial charge in [-0.3, -0.25) is 0 Å². The number of nitrogens with zero attached hydrogens (tertiary/aromatic N) is 2. The van der Waals surface area contributed by atoms with Crippen LogP contribution in [0.3, 0.4) is 0 Å². The zero-order chi connectivity index (χ0) is 25.5. The number of hydrogen-bond donors (Lipinski definition) is 2. The molecule has 9 nitrogen and oxygen atoms in total. The summed E-state index contributed by atoms with van der Waals surface area (Å²) in [4.78, 5) is 19.1. The van der Waals surface area contributed by atoms with Crippen LogP contribution in [-0.4, -0.2) is 62.9 Å². The number of nitrogens with one attached hydrogen (secondary N) is 2. The van der Waals surface area contributed by atoms with Gasteiger partial charge in [0, 0.05) is 37.5 Å². The zero-order valence-corrected chi connectivity index (χ0v) is 19.8. The monoisotopic (exact) mass is 510 g/mol. The minimum Gasteiger partial charge on any atom is -0.495 e. The van der Waals surface area contributed by atoms with Gasteiger partial charge in [0.1, 0.15) is 23.1 Å². The highest BCUT2D eigenvalue weighted by atomic mass is 19.4. The quantitative estimate of drug-likeness (QED) is 0.573. The molecular formula is C24H29F3N4O5. The highest BCUT2D eigenvalue weighted by Gasteiger charge is 2.31. The van der Waals surface area contributed by atoms with Crippen molar-refractivity contribution in [3.63, 3.8) is 0 Å². The topological polar surface area (TPSA) is 94.2 Å². The average molecular weight is 511 g/mol. The van der Waals surface area contributed by atoms with Crippen molar-refractivity contribution in [3.8, 4) is 17.2 Å². The number of rotatable bonds is 7. The molecule has 0 bridgehead atoms. The molecule has 1 aromatic carbocycles. The molecule has 0 unspecified atom stereocenters. The lowest BCUT2D eigenvalue weighted by molar-refractivity contribution is -0.274. The first-order valence-corrected chi connectivity index (χ1v) is 11.8. The standard InChI is InChI=1S/C24H29F3N4O5/c1-33-21-7-6-19(36-24(25,26)27)14-20(21)30-23(32)29-16-2-4-17(5-3-16)35-18-8-9-28-22(15-18)31-10-12-34-13-11-31/h6-9,14-17H,2-5,10-13H2,1H3,(H2,29,30,32)/t16-,17-. The summed E-state index contributed by atoms with van der Waals surface area (Å²) < 4.78 is 58.2. The molecule has 1 aliphatic heterocycles. The predicted octanol–water partition coefficient (Wildman–Crippen LogP) is 4.34. The first-order valence-electron chi connectivity index (χ1n) is 11.8. The zero-order valence-electron chi connectivity index (χ0n) is 19.8. The molecule has 0 spiro atoms. The molecule has 1 saturated heterocycles. The lowest BCUT2D eigenvalue weighted by Gasteiger charge is -2.30. The lowest BCUT2D eigenvalue weighted by Crippen LogP contribution is -2.41. The highest BCUT2D eigenvalue weighted by Crippen LogP contribution is 2.32. The number of carbonyl (C=O) groups excluding carboxylic acids is 1. The Morgan fingerprint density at radius 3 is 2.53 bits per heavy atom. The van der Waals surface area contributed by atoms with Crippen molar-refractivity contribution in [2.75, 3.05) is 43.6 Å². The van der Waals surface area contributed by atoms with Gasteiger partial charge in [0.15, 0.2) is 0 Å². The summed E-state index contributed by atoms with van der Waals surface area (Å²) in [5.41, 5.74) is 0.0718. The summed E-state index contributed by atoms with van der Waals surface area (Å²) in [6.45, 7) is 2.94. The fraction of sp³-hybridized carbons (Fsp3) is 0.500. The van der Waals surface area contributed by atoms with Gasteiger partial charge in [-0.1, -0.05) is 0 Å². The molecule has 196 valence electrons. The molecule has 2 heterocycles. The van der Waals surface area contributed by atoms with E-state index in [1.54, 1.807) is 6.20 Å². The molecule has 1 aromatic heterocycles. The van der Waals surface area contributed by atoms with Crippen molar-refractivity contribution in [2.45, 2.75) is 44.2 Å².